The van der Waals surface area contributed by atoms with Gasteiger partial charge in [0.1, 0.15) is 19.8 Å². The molecule has 10 heteroatoms. The van der Waals surface area contributed by atoms with Gasteiger partial charge >= 0.3 is 11.9 Å². The molecule has 0 saturated heterocycles. The molecule has 2 atom stereocenters. The van der Waals surface area contributed by atoms with Crippen molar-refractivity contribution in [1.29, 1.82) is 0 Å². The number of nitrogens with zero attached hydrogens (tertiary/aromatic N) is 1. The van der Waals surface area contributed by atoms with Gasteiger partial charge in [-0.1, -0.05) is 139 Å². The average Bonchev–Trinajstić information content (AvgIpc) is 3.02. The fourth-order valence-electron chi connectivity index (χ4n) is 4.33. The first-order valence-corrected chi connectivity index (χ1v) is 19.5. The van der Waals surface area contributed by atoms with E-state index in [1.165, 1.54) is 51.4 Å². The molecule has 0 radical (unpaired) electrons. The Morgan fingerprint density at radius 2 is 1.19 bits per heavy atom. The number of carbonyl (C=O) groups is 2. The summed E-state index contributed by atoms with van der Waals surface area (Å²) >= 11 is 0. The van der Waals surface area contributed by atoms with Crippen molar-refractivity contribution in [2.75, 3.05) is 47.5 Å². The number of esters is 2. The number of likely N-dealkylation sites (N-methyl/N-ethyl adjacent to an activating group) is 1. The van der Waals surface area contributed by atoms with E-state index >= 15 is 0 Å². The molecule has 0 fully saturated rings. The highest BCUT2D eigenvalue weighted by atomic mass is 31.2. The van der Waals surface area contributed by atoms with Gasteiger partial charge < -0.3 is 27.9 Å². The van der Waals surface area contributed by atoms with E-state index in [9.17, 15) is 19.0 Å². The molecule has 0 saturated carbocycles. The first kappa shape index (κ1) is 45.7. The van der Waals surface area contributed by atoms with Crippen LogP contribution >= 0.6 is 7.82 Å². The van der Waals surface area contributed by atoms with Crippen LogP contribution in [0.15, 0.2) is 60.8 Å². The fourth-order valence-corrected chi connectivity index (χ4v) is 5.06. The van der Waals surface area contributed by atoms with Crippen molar-refractivity contribution in [2.24, 2.45) is 0 Å². The summed E-state index contributed by atoms with van der Waals surface area (Å²) in [5.74, 6) is -0.929. The normalized spacial score (nSPS) is 14.5. The number of ether oxygens (including phenoxy) is 2. The maximum atomic E-state index is 12.5. The smallest absolute Gasteiger partial charge is 0.306 e. The first-order valence-electron chi connectivity index (χ1n) is 18.1. The van der Waals surface area contributed by atoms with Crippen LogP contribution in [0.25, 0.3) is 0 Å². The summed E-state index contributed by atoms with van der Waals surface area (Å²) in [6.07, 6.45) is 34.1. The van der Waals surface area contributed by atoms with Crippen LogP contribution in [0.2, 0.25) is 0 Å². The first-order chi connectivity index (χ1) is 23.0. The van der Waals surface area contributed by atoms with Crippen LogP contribution in [0.5, 0.6) is 0 Å². The van der Waals surface area contributed by atoms with Crippen LogP contribution < -0.4 is 4.89 Å². The minimum Gasteiger partial charge on any atom is -0.756 e. The summed E-state index contributed by atoms with van der Waals surface area (Å²) < 4.78 is 33.6. The van der Waals surface area contributed by atoms with Crippen molar-refractivity contribution in [1.82, 2.24) is 0 Å². The number of hydrogen-bond donors (Lipinski definition) is 0. The lowest BCUT2D eigenvalue weighted by molar-refractivity contribution is -0.870. The number of quaternary nitrogens is 1. The lowest BCUT2D eigenvalue weighted by Gasteiger charge is -2.28. The topological polar surface area (TPSA) is 111 Å². The monoisotopic (exact) mass is 695 g/mol. The number of phosphoric ester groups is 1. The Bertz CT molecular complexity index is 1010. The van der Waals surface area contributed by atoms with E-state index in [0.29, 0.717) is 23.9 Å². The van der Waals surface area contributed by atoms with Gasteiger partial charge in [0, 0.05) is 12.8 Å². The minimum atomic E-state index is -4.63. The van der Waals surface area contributed by atoms with E-state index in [1.807, 2.05) is 75.8 Å². The van der Waals surface area contributed by atoms with Gasteiger partial charge in [0.2, 0.25) is 0 Å². The highest BCUT2D eigenvalue weighted by Crippen LogP contribution is 2.38. The quantitative estimate of drug-likeness (QED) is 0.0233. The van der Waals surface area contributed by atoms with Crippen LogP contribution in [-0.2, 0) is 32.7 Å². The Balaban J connectivity index is 4.63. The molecule has 2 unspecified atom stereocenters. The molecular weight excluding hydrogens is 629 g/mol. The Hall–Kier alpha value is -2.29. The number of phosphoric acid groups is 1. The van der Waals surface area contributed by atoms with Crippen LogP contribution in [-0.4, -0.2) is 70.0 Å². The lowest BCUT2D eigenvalue weighted by atomic mass is 10.1. The predicted molar refractivity (Wildman–Crippen MR) is 194 cm³/mol. The van der Waals surface area contributed by atoms with Crippen LogP contribution in [0.3, 0.4) is 0 Å². The molecule has 0 aliphatic rings. The van der Waals surface area contributed by atoms with Crippen LogP contribution in [0, 0.1) is 0 Å². The molecule has 0 N–H and O–H groups in total. The van der Waals surface area contributed by atoms with E-state index in [1.54, 1.807) is 0 Å². The molecule has 0 amide bonds. The minimum absolute atomic E-state index is 0.0463. The summed E-state index contributed by atoms with van der Waals surface area (Å²) in [6.45, 7) is 3.95. The Morgan fingerprint density at radius 1 is 0.667 bits per heavy atom. The van der Waals surface area contributed by atoms with Gasteiger partial charge in [0.25, 0.3) is 7.82 Å². The van der Waals surface area contributed by atoms with Crippen LogP contribution in [0.4, 0.5) is 0 Å². The third-order valence-electron chi connectivity index (χ3n) is 7.18. The molecule has 0 aromatic rings. The number of rotatable bonds is 31. The molecule has 9 nitrogen and oxygen atoms in total. The molecule has 0 rings (SSSR count). The summed E-state index contributed by atoms with van der Waals surface area (Å²) in [6, 6.07) is 0. The van der Waals surface area contributed by atoms with Gasteiger partial charge in [0.05, 0.1) is 27.7 Å². The van der Waals surface area contributed by atoms with E-state index in [0.717, 1.165) is 25.7 Å². The maximum absolute atomic E-state index is 12.5. The molecule has 0 bridgehead atoms. The zero-order valence-electron chi connectivity index (χ0n) is 30.7. The maximum Gasteiger partial charge on any atom is 0.306 e. The Morgan fingerprint density at radius 3 is 1.75 bits per heavy atom. The Kier molecular flexibility index (Phi) is 29.3. The molecule has 0 aliphatic heterocycles. The van der Waals surface area contributed by atoms with Crippen LogP contribution in [0.1, 0.15) is 117 Å². The molecule has 48 heavy (non-hydrogen) atoms. The number of allylic oxidation sites excluding steroid dienone is 10. The predicted octanol–water partition coefficient (Wildman–Crippen LogP) is 8.71. The van der Waals surface area contributed by atoms with Crippen molar-refractivity contribution in [3.8, 4) is 0 Å². The second kappa shape index (κ2) is 30.7. The molecule has 0 aliphatic carbocycles. The van der Waals surface area contributed by atoms with Crippen molar-refractivity contribution >= 4 is 19.8 Å². The molecule has 0 aromatic heterocycles. The van der Waals surface area contributed by atoms with Gasteiger partial charge in [-0.25, -0.2) is 0 Å². The van der Waals surface area contributed by atoms with Gasteiger partial charge in [-0.15, -0.1) is 0 Å². The second-order valence-electron chi connectivity index (χ2n) is 13.0. The highest BCUT2D eigenvalue weighted by Gasteiger charge is 2.21. The van der Waals surface area contributed by atoms with Gasteiger partial charge in [0.15, 0.2) is 6.10 Å². The largest absolute Gasteiger partial charge is 0.756 e. The zero-order valence-corrected chi connectivity index (χ0v) is 31.5. The SMILES string of the molecule is CC/C=C/C=C/C=C/C=C/C=C/CCCC(=O)OC(COC(=O)CCCCCCCCCCCCC)COP(=O)([O-])OCC[N+](C)(C)C. The number of carbonyl (C=O) groups excluding carboxylic acids is 2. The van der Waals surface area contributed by atoms with E-state index in [-0.39, 0.29) is 26.1 Å². The van der Waals surface area contributed by atoms with Gasteiger partial charge in [-0.05, 0) is 25.7 Å². The molecule has 0 aromatic carbocycles. The average molecular weight is 696 g/mol. The van der Waals surface area contributed by atoms with Crippen molar-refractivity contribution in [2.45, 2.75) is 123 Å². The standard InChI is InChI=1S/C38H66NO8P/c1-6-8-10-12-14-16-18-19-21-23-25-27-29-31-38(41)47-36(35-46-48(42,43)45-33-32-39(3,4)5)34-44-37(40)30-28-26-24-22-20-17-15-13-11-9-7-2/h8,10,12,14,16,18-19,21,23,25,36H,6-7,9,11,13,15,17,20,22,24,26-35H2,1-5H3/b10-8+,14-12+,18-16+,21-19+,25-23+. The Labute approximate surface area is 292 Å². The summed E-state index contributed by atoms with van der Waals surface area (Å²) in [7, 11) is 1.11. The van der Waals surface area contributed by atoms with E-state index in [4.69, 9.17) is 18.5 Å². The van der Waals surface area contributed by atoms with Gasteiger partial charge in [-0.3, -0.25) is 14.2 Å². The second-order valence-corrected chi connectivity index (χ2v) is 14.4. The molecule has 0 heterocycles. The summed E-state index contributed by atoms with van der Waals surface area (Å²) in [5.41, 5.74) is 0. The number of unbranched alkanes of at least 4 members (excludes halogenated alkanes) is 11. The lowest BCUT2D eigenvalue weighted by Crippen LogP contribution is -2.37. The van der Waals surface area contributed by atoms with E-state index in [2.05, 4.69) is 19.9 Å². The summed E-state index contributed by atoms with van der Waals surface area (Å²) in [4.78, 5) is 37.2. The fraction of sp³-hybridized carbons (Fsp3) is 0.684. The van der Waals surface area contributed by atoms with Crippen molar-refractivity contribution in [3.63, 3.8) is 0 Å². The van der Waals surface area contributed by atoms with Crippen molar-refractivity contribution < 1.29 is 42.1 Å². The summed E-state index contributed by atoms with van der Waals surface area (Å²) in [5, 5.41) is 0. The molecule has 276 valence electrons. The molecular formula is C38H66NO8P. The van der Waals surface area contributed by atoms with Crippen molar-refractivity contribution in [3.05, 3.63) is 60.8 Å². The van der Waals surface area contributed by atoms with E-state index < -0.39 is 32.5 Å². The third-order valence-corrected chi connectivity index (χ3v) is 8.14. The highest BCUT2D eigenvalue weighted by molar-refractivity contribution is 7.45. The van der Waals surface area contributed by atoms with Gasteiger partial charge in [-0.2, -0.15) is 0 Å². The molecule has 0 spiro atoms. The number of hydrogen-bond acceptors (Lipinski definition) is 8. The zero-order chi connectivity index (χ0) is 35.8. The third kappa shape index (κ3) is 33.6.